The molecule has 2 aromatic carbocycles. The highest BCUT2D eigenvalue weighted by molar-refractivity contribution is 5.93. The van der Waals surface area contributed by atoms with Gasteiger partial charge in [-0.2, -0.15) is 0 Å². The first-order chi connectivity index (χ1) is 19.2. The van der Waals surface area contributed by atoms with Gasteiger partial charge in [0.25, 0.3) is 0 Å². The number of benzene rings is 2. The molecule has 5 aromatic rings. The van der Waals surface area contributed by atoms with E-state index in [0.717, 1.165) is 56.7 Å². The molecule has 0 aliphatic carbocycles. The number of hydrogen-bond acceptors (Lipinski definition) is 4. The molecule has 0 radical (unpaired) electrons. The van der Waals surface area contributed by atoms with Crippen molar-refractivity contribution in [1.82, 2.24) is 19.5 Å². The maximum atomic E-state index is 11.6. The number of pyridine rings is 2. The lowest BCUT2D eigenvalue weighted by atomic mass is 9.79. The summed E-state index contributed by atoms with van der Waals surface area (Å²) < 4.78 is 2.00. The van der Waals surface area contributed by atoms with E-state index in [2.05, 4.69) is 96.8 Å². The first kappa shape index (κ1) is 28.5. The van der Waals surface area contributed by atoms with Crippen molar-refractivity contribution >= 4 is 11.2 Å². The van der Waals surface area contributed by atoms with E-state index in [1.807, 2.05) is 42.2 Å². The van der Waals surface area contributed by atoms with Gasteiger partial charge in [0.05, 0.1) is 11.3 Å². The molecule has 5 nitrogen and oxygen atoms in total. The standard InChI is InChI=1S/C36H42N4O/c1-22(2)16-23-17-24(19-25(18-23)30-12-10-11-14-37-30)27-13-15-38-34-31(27)39-33(40(34)9)28-20-26(35(3,4)5)21-29(32(28)41)36(6,7)8/h10-15,17-22,41H,16H2,1-9H3. The average molecular weight is 547 g/mol. The number of aromatic hydroxyl groups is 1. The summed E-state index contributed by atoms with van der Waals surface area (Å²) in [5.74, 6) is 1.51. The zero-order valence-corrected chi connectivity index (χ0v) is 25.9. The van der Waals surface area contributed by atoms with Crippen LogP contribution in [0.1, 0.15) is 72.1 Å². The van der Waals surface area contributed by atoms with Gasteiger partial charge in [-0.15, -0.1) is 0 Å². The van der Waals surface area contributed by atoms with Crippen molar-refractivity contribution in [3.05, 3.63) is 83.7 Å². The predicted octanol–water partition coefficient (Wildman–Crippen LogP) is 8.86. The summed E-state index contributed by atoms with van der Waals surface area (Å²) in [6.45, 7) is 17.5. The van der Waals surface area contributed by atoms with Crippen LogP contribution in [0.2, 0.25) is 0 Å². The molecule has 1 N–H and O–H groups in total. The van der Waals surface area contributed by atoms with Crippen LogP contribution in [0.5, 0.6) is 5.75 Å². The van der Waals surface area contributed by atoms with Crippen molar-refractivity contribution in [2.75, 3.05) is 0 Å². The fraction of sp³-hybridized carbons (Fsp3) is 0.361. The molecular weight excluding hydrogens is 504 g/mol. The predicted molar refractivity (Wildman–Crippen MR) is 170 cm³/mol. The molecule has 0 amide bonds. The number of phenolic OH excluding ortho intramolecular Hbond substituents is 1. The SMILES string of the molecule is CC(C)Cc1cc(-c2ccccn2)cc(-c2ccnc3c2nc(-c2cc(C(C)(C)C)cc(C(C)(C)C)c2O)n3C)c1. The molecule has 0 spiro atoms. The number of rotatable bonds is 5. The third kappa shape index (κ3) is 5.63. The van der Waals surface area contributed by atoms with Crippen molar-refractivity contribution in [2.24, 2.45) is 13.0 Å². The Bertz CT molecular complexity index is 1720. The first-order valence-corrected chi connectivity index (χ1v) is 14.5. The molecule has 0 aliphatic rings. The lowest BCUT2D eigenvalue weighted by Crippen LogP contribution is -2.17. The minimum atomic E-state index is -0.229. The van der Waals surface area contributed by atoms with Gasteiger partial charge in [0.2, 0.25) is 0 Å². The summed E-state index contributed by atoms with van der Waals surface area (Å²) >= 11 is 0. The zero-order valence-electron chi connectivity index (χ0n) is 25.9. The summed E-state index contributed by atoms with van der Waals surface area (Å²) in [7, 11) is 1.98. The number of nitrogens with zero attached hydrogens (tertiary/aromatic N) is 4. The highest BCUT2D eigenvalue weighted by Crippen LogP contribution is 2.43. The van der Waals surface area contributed by atoms with Crippen LogP contribution >= 0.6 is 0 Å². The molecule has 0 aliphatic heterocycles. The Morgan fingerprint density at radius 2 is 1.54 bits per heavy atom. The minimum absolute atomic E-state index is 0.0881. The van der Waals surface area contributed by atoms with Crippen molar-refractivity contribution in [2.45, 2.75) is 72.6 Å². The zero-order chi connectivity index (χ0) is 29.7. The first-order valence-electron chi connectivity index (χ1n) is 14.5. The molecule has 3 aromatic heterocycles. The van der Waals surface area contributed by atoms with Gasteiger partial charge in [0, 0.05) is 36.1 Å². The second-order valence-electron chi connectivity index (χ2n) is 13.7. The lowest BCUT2D eigenvalue weighted by Gasteiger charge is -2.27. The Labute approximate surface area is 244 Å². The number of aromatic nitrogens is 4. The van der Waals surface area contributed by atoms with E-state index in [1.165, 1.54) is 5.56 Å². The van der Waals surface area contributed by atoms with Gasteiger partial charge in [-0.25, -0.2) is 9.97 Å². The van der Waals surface area contributed by atoms with E-state index in [0.29, 0.717) is 11.7 Å². The summed E-state index contributed by atoms with van der Waals surface area (Å²) in [6.07, 6.45) is 4.66. The highest BCUT2D eigenvalue weighted by Gasteiger charge is 2.27. The third-order valence-electron chi connectivity index (χ3n) is 7.69. The summed E-state index contributed by atoms with van der Waals surface area (Å²) in [5.41, 5.74) is 9.50. The molecule has 0 fully saturated rings. The maximum Gasteiger partial charge on any atom is 0.160 e. The molecule has 41 heavy (non-hydrogen) atoms. The number of phenols is 1. The summed E-state index contributed by atoms with van der Waals surface area (Å²) in [5, 5.41) is 11.6. The molecule has 0 saturated carbocycles. The summed E-state index contributed by atoms with van der Waals surface area (Å²) in [6, 6.07) is 19.0. The van der Waals surface area contributed by atoms with Crippen molar-refractivity contribution in [3.8, 4) is 39.5 Å². The lowest BCUT2D eigenvalue weighted by molar-refractivity contribution is 0.446. The van der Waals surface area contributed by atoms with E-state index in [4.69, 9.17) is 9.97 Å². The van der Waals surface area contributed by atoms with Crippen LogP contribution in [-0.4, -0.2) is 24.6 Å². The van der Waals surface area contributed by atoms with Gasteiger partial charge < -0.3 is 9.67 Å². The van der Waals surface area contributed by atoms with Crippen molar-refractivity contribution < 1.29 is 5.11 Å². The second kappa shape index (κ2) is 10.4. The number of hydrogen-bond donors (Lipinski definition) is 1. The largest absolute Gasteiger partial charge is 0.507 e. The Morgan fingerprint density at radius 1 is 0.805 bits per heavy atom. The van der Waals surface area contributed by atoms with Crippen LogP contribution in [0.4, 0.5) is 0 Å². The average Bonchev–Trinajstić information content (AvgIpc) is 3.23. The van der Waals surface area contributed by atoms with Crippen LogP contribution in [0.15, 0.2) is 67.0 Å². The van der Waals surface area contributed by atoms with Crippen LogP contribution in [0.3, 0.4) is 0 Å². The maximum absolute atomic E-state index is 11.6. The van der Waals surface area contributed by atoms with Crippen LogP contribution < -0.4 is 0 Å². The Hall–Kier alpha value is -3.99. The van der Waals surface area contributed by atoms with Gasteiger partial charge in [-0.05, 0) is 76.3 Å². The van der Waals surface area contributed by atoms with Crippen molar-refractivity contribution in [1.29, 1.82) is 0 Å². The number of imidazole rings is 1. The van der Waals surface area contributed by atoms with E-state index >= 15 is 0 Å². The smallest absolute Gasteiger partial charge is 0.160 e. The molecule has 5 rings (SSSR count). The molecular formula is C36H42N4O. The Balaban J connectivity index is 1.75. The number of fused-ring (bicyclic) bond motifs is 1. The van der Waals surface area contributed by atoms with Gasteiger partial charge in [-0.1, -0.05) is 73.6 Å². The fourth-order valence-electron chi connectivity index (χ4n) is 5.48. The molecule has 212 valence electrons. The molecule has 5 heteroatoms. The third-order valence-corrected chi connectivity index (χ3v) is 7.69. The molecule has 0 atom stereocenters. The highest BCUT2D eigenvalue weighted by atomic mass is 16.3. The van der Waals surface area contributed by atoms with Gasteiger partial charge in [-0.3, -0.25) is 4.98 Å². The molecule has 0 bridgehead atoms. The normalized spacial score (nSPS) is 12.4. The van der Waals surface area contributed by atoms with E-state index in [-0.39, 0.29) is 16.6 Å². The minimum Gasteiger partial charge on any atom is -0.507 e. The second-order valence-corrected chi connectivity index (χ2v) is 13.7. The van der Waals surface area contributed by atoms with Gasteiger partial charge >= 0.3 is 0 Å². The van der Waals surface area contributed by atoms with Crippen LogP contribution in [0.25, 0.3) is 44.9 Å². The van der Waals surface area contributed by atoms with Gasteiger partial charge in [0.15, 0.2) is 5.65 Å². The Kier molecular flexibility index (Phi) is 7.27. The quantitative estimate of drug-likeness (QED) is 0.239. The van der Waals surface area contributed by atoms with E-state index in [9.17, 15) is 5.11 Å². The summed E-state index contributed by atoms with van der Waals surface area (Å²) in [4.78, 5) is 14.6. The molecule has 0 unspecified atom stereocenters. The Morgan fingerprint density at radius 3 is 2.17 bits per heavy atom. The van der Waals surface area contributed by atoms with Crippen molar-refractivity contribution in [3.63, 3.8) is 0 Å². The fourth-order valence-corrected chi connectivity index (χ4v) is 5.48. The van der Waals surface area contributed by atoms with Gasteiger partial charge in [0.1, 0.15) is 17.1 Å². The monoisotopic (exact) mass is 546 g/mol. The van der Waals surface area contributed by atoms with E-state index < -0.39 is 0 Å². The van der Waals surface area contributed by atoms with Crippen LogP contribution in [0, 0.1) is 5.92 Å². The molecule has 0 saturated heterocycles. The topological polar surface area (TPSA) is 63.8 Å². The number of aryl methyl sites for hydroxylation is 1. The van der Waals surface area contributed by atoms with Crippen LogP contribution in [-0.2, 0) is 24.3 Å². The van der Waals surface area contributed by atoms with E-state index in [1.54, 1.807) is 0 Å². The molecule has 3 heterocycles.